The van der Waals surface area contributed by atoms with E-state index in [1.807, 2.05) is 6.92 Å². The molecule has 0 radical (unpaired) electrons. The number of halogens is 2. The topological polar surface area (TPSA) is 29.5 Å². The fourth-order valence-electron chi connectivity index (χ4n) is 1.63. The van der Waals surface area contributed by atoms with Gasteiger partial charge in [-0.2, -0.15) is 0 Å². The van der Waals surface area contributed by atoms with E-state index in [4.69, 9.17) is 27.9 Å². The first-order valence-corrected chi connectivity index (χ1v) is 6.41. The lowest BCUT2D eigenvalue weighted by Crippen LogP contribution is -2.22. The van der Waals surface area contributed by atoms with Gasteiger partial charge in [-0.25, -0.2) is 0 Å². The summed E-state index contributed by atoms with van der Waals surface area (Å²) in [7, 11) is 1.66. The molecule has 0 saturated heterocycles. The summed E-state index contributed by atoms with van der Waals surface area (Å²) in [6, 6.07) is 5.37. The molecule has 1 aromatic carbocycles. The van der Waals surface area contributed by atoms with Crippen LogP contribution in [0.25, 0.3) is 0 Å². The Morgan fingerprint density at radius 3 is 2.41 bits per heavy atom. The third-order valence-corrected chi connectivity index (χ3v) is 3.62. The van der Waals surface area contributed by atoms with Gasteiger partial charge >= 0.3 is 0 Å². The van der Waals surface area contributed by atoms with Crippen molar-refractivity contribution in [2.24, 2.45) is 5.92 Å². The molecule has 4 heteroatoms. The number of aliphatic hydroxyl groups is 1. The van der Waals surface area contributed by atoms with Crippen molar-refractivity contribution in [3.8, 4) is 0 Å². The molecule has 17 heavy (non-hydrogen) atoms. The molecular formula is C13H18Cl2O2. The smallest absolute Gasteiger partial charge is 0.0607 e. The number of ether oxygens (including phenoxy) is 1. The molecule has 0 amide bonds. The van der Waals surface area contributed by atoms with E-state index in [-0.39, 0.29) is 5.92 Å². The van der Waals surface area contributed by atoms with E-state index in [0.29, 0.717) is 23.1 Å². The van der Waals surface area contributed by atoms with Gasteiger partial charge in [0.05, 0.1) is 6.10 Å². The van der Waals surface area contributed by atoms with E-state index in [0.717, 1.165) is 12.0 Å². The van der Waals surface area contributed by atoms with Crippen molar-refractivity contribution in [1.82, 2.24) is 0 Å². The van der Waals surface area contributed by atoms with Crippen molar-refractivity contribution in [3.63, 3.8) is 0 Å². The molecule has 0 aliphatic carbocycles. The molecule has 0 spiro atoms. The first-order valence-electron chi connectivity index (χ1n) is 5.66. The van der Waals surface area contributed by atoms with Crippen LogP contribution in [-0.4, -0.2) is 24.9 Å². The lowest BCUT2D eigenvalue weighted by atomic mass is 9.95. The number of hydrogen-bond donors (Lipinski definition) is 1. The van der Waals surface area contributed by atoms with Crippen molar-refractivity contribution in [3.05, 3.63) is 33.8 Å². The Balaban J connectivity index is 2.64. The van der Waals surface area contributed by atoms with Crippen molar-refractivity contribution >= 4 is 23.2 Å². The molecule has 0 bridgehead atoms. The third-order valence-electron chi connectivity index (χ3n) is 2.91. The maximum absolute atomic E-state index is 10.1. The fourth-order valence-corrected chi connectivity index (χ4v) is 2.19. The van der Waals surface area contributed by atoms with Gasteiger partial charge in [-0.1, -0.05) is 36.2 Å². The molecule has 2 atom stereocenters. The summed E-state index contributed by atoms with van der Waals surface area (Å²) >= 11 is 12.1. The minimum Gasteiger partial charge on any atom is -0.393 e. The molecule has 0 heterocycles. The quantitative estimate of drug-likeness (QED) is 0.861. The number of aliphatic hydroxyl groups excluding tert-OH is 1. The van der Waals surface area contributed by atoms with Crippen LogP contribution in [0.3, 0.4) is 0 Å². The van der Waals surface area contributed by atoms with Gasteiger partial charge in [-0.3, -0.25) is 0 Å². The summed E-state index contributed by atoms with van der Waals surface area (Å²) in [5, 5.41) is 11.3. The minimum atomic E-state index is -0.456. The fraction of sp³-hybridized carbons (Fsp3) is 0.538. The van der Waals surface area contributed by atoms with E-state index < -0.39 is 6.10 Å². The third kappa shape index (κ3) is 4.47. The monoisotopic (exact) mass is 276 g/mol. The predicted molar refractivity (Wildman–Crippen MR) is 71.8 cm³/mol. The van der Waals surface area contributed by atoms with Crippen LogP contribution in [0, 0.1) is 5.92 Å². The van der Waals surface area contributed by atoms with Crippen LogP contribution in [0.15, 0.2) is 18.2 Å². The highest BCUT2D eigenvalue weighted by atomic mass is 35.5. The largest absolute Gasteiger partial charge is 0.393 e. The van der Waals surface area contributed by atoms with Crippen LogP contribution < -0.4 is 0 Å². The van der Waals surface area contributed by atoms with Gasteiger partial charge in [0.2, 0.25) is 0 Å². The Kier molecular flexibility index (Phi) is 6.28. The molecule has 96 valence electrons. The Hall–Kier alpha value is -0.280. The van der Waals surface area contributed by atoms with E-state index >= 15 is 0 Å². The van der Waals surface area contributed by atoms with E-state index in [2.05, 4.69) is 0 Å². The maximum Gasteiger partial charge on any atom is 0.0607 e. The molecule has 2 unspecified atom stereocenters. The Labute approximate surface area is 113 Å². The van der Waals surface area contributed by atoms with Crippen molar-refractivity contribution in [2.75, 3.05) is 13.7 Å². The van der Waals surface area contributed by atoms with Crippen molar-refractivity contribution in [2.45, 2.75) is 25.9 Å². The summed E-state index contributed by atoms with van der Waals surface area (Å²) in [5.74, 6) is 0.155. The summed E-state index contributed by atoms with van der Waals surface area (Å²) in [6.45, 7) is 2.64. The molecule has 0 saturated carbocycles. The highest BCUT2D eigenvalue weighted by molar-refractivity contribution is 6.35. The predicted octanol–water partition coefficient (Wildman–Crippen LogP) is 3.57. The Morgan fingerprint density at radius 2 is 1.88 bits per heavy atom. The van der Waals surface area contributed by atoms with Crippen molar-refractivity contribution < 1.29 is 9.84 Å². The Morgan fingerprint density at radius 1 is 1.29 bits per heavy atom. The van der Waals surface area contributed by atoms with Gasteiger partial charge in [0.25, 0.3) is 0 Å². The molecule has 1 rings (SSSR count). The van der Waals surface area contributed by atoms with Crippen LogP contribution >= 0.6 is 23.2 Å². The number of hydrogen-bond acceptors (Lipinski definition) is 2. The second-order valence-corrected chi connectivity index (χ2v) is 5.04. The van der Waals surface area contributed by atoms with E-state index in [1.54, 1.807) is 25.3 Å². The molecule has 1 aromatic rings. The molecule has 0 aromatic heterocycles. The molecule has 0 fully saturated rings. The van der Waals surface area contributed by atoms with E-state index in [1.165, 1.54) is 0 Å². The minimum absolute atomic E-state index is 0.155. The summed E-state index contributed by atoms with van der Waals surface area (Å²) < 4.78 is 5.00. The zero-order valence-electron chi connectivity index (χ0n) is 10.1. The number of methoxy groups -OCH3 is 1. The summed E-state index contributed by atoms with van der Waals surface area (Å²) in [5.41, 5.74) is 0.813. The van der Waals surface area contributed by atoms with Crippen LogP contribution in [0.4, 0.5) is 0 Å². The zero-order valence-corrected chi connectivity index (χ0v) is 11.6. The number of benzene rings is 1. The van der Waals surface area contributed by atoms with Crippen LogP contribution in [0.5, 0.6) is 0 Å². The molecule has 0 aliphatic heterocycles. The average Bonchev–Trinajstić information content (AvgIpc) is 2.30. The Bertz CT molecular complexity index is 335. The molecular weight excluding hydrogens is 259 g/mol. The standard InChI is InChI=1S/C13H18Cl2O2/c1-9(6-7-17-2)13(16)8-10-11(14)4-3-5-12(10)15/h3-5,9,13,16H,6-8H2,1-2H3. The van der Waals surface area contributed by atoms with Gasteiger partial charge in [-0.15, -0.1) is 0 Å². The average molecular weight is 277 g/mol. The highest BCUT2D eigenvalue weighted by Crippen LogP contribution is 2.27. The van der Waals surface area contributed by atoms with E-state index in [9.17, 15) is 5.11 Å². The summed E-state index contributed by atoms with van der Waals surface area (Å²) in [6.07, 6.45) is 0.839. The molecule has 0 aliphatic rings. The van der Waals surface area contributed by atoms with Gasteiger partial charge < -0.3 is 9.84 Å². The van der Waals surface area contributed by atoms with Crippen LogP contribution in [0.1, 0.15) is 18.9 Å². The normalized spacial score (nSPS) is 14.6. The summed E-state index contributed by atoms with van der Waals surface area (Å²) in [4.78, 5) is 0. The first kappa shape index (κ1) is 14.8. The first-order chi connectivity index (χ1) is 8.06. The molecule has 1 N–H and O–H groups in total. The van der Waals surface area contributed by atoms with Crippen LogP contribution in [-0.2, 0) is 11.2 Å². The lowest BCUT2D eigenvalue weighted by Gasteiger charge is -2.19. The highest BCUT2D eigenvalue weighted by Gasteiger charge is 2.17. The van der Waals surface area contributed by atoms with Crippen LogP contribution in [0.2, 0.25) is 10.0 Å². The molecule has 2 nitrogen and oxygen atoms in total. The second-order valence-electron chi connectivity index (χ2n) is 4.23. The zero-order chi connectivity index (χ0) is 12.8. The lowest BCUT2D eigenvalue weighted by molar-refractivity contribution is 0.0887. The van der Waals surface area contributed by atoms with Gasteiger partial charge in [-0.05, 0) is 30.0 Å². The maximum atomic E-state index is 10.1. The SMILES string of the molecule is COCCC(C)C(O)Cc1c(Cl)cccc1Cl. The van der Waals surface area contributed by atoms with Gasteiger partial charge in [0.1, 0.15) is 0 Å². The van der Waals surface area contributed by atoms with Gasteiger partial charge in [0.15, 0.2) is 0 Å². The van der Waals surface area contributed by atoms with Crippen molar-refractivity contribution in [1.29, 1.82) is 0 Å². The number of rotatable bonds is 6. The second kappa shape index (κ2) is 7.22. The van der Waals surface area contributed by atoms with Gasteiger partial charge in [0, 0.05) is 30.2 Å².